The zero-order valence-corrected chi connectivity index (χ0v) is 14.2. The fraction of sp³-hybridized carbons (Fsp3) is 0.615. The summed E-state index contributed by atoms with van der Waals surface area (Å²) < 4.78 is 0.569. The van der Waals surface area contributed by atoms with Crippen LogP contribution in [0.4, 0.5) is 0 Å². The summed E-state index contributed by atoms with van der Waals surface area (Å²) in [5.74, 6) is -0.247. The van der Waals surface area contributed by atoms with E-state index in [1.165, 1.54) is 4.90 Å². The van der Waals surface area contributed by atoms with Crippen LogP contribution >= 0.6 is 31.9 Å². The molecule has 0 fully saturated rings. The number of Topliss-reactive ketones (excluding diaryl/α,β-unsaturated/α-hetero) is 1. The van der Waals surface area contributed by atoms with Crippen LogP contribution in [0.5, 0.6) is 0 Å². The second kappa shape index (κ2) is 7.33. The van der Waals surface area contributed by atoms with Crippen LogP contribution in [-0.2, 0) is 14.4 Å². The number of rotatable bonds is 7. The van der Waals surface area contributed by atoms with Crippen molar-refractivity contribution in [2.45, 2.75) is 39.5 Å². The lowest BCUT2D eigenvalue weighted by Gasteiger charge is -2.13. The minimum atomic E-state index is -0.296. The van der Waals surface area contributed by atoms with Gasteiger partial charge in [-0.1, -0.05) is 20.3 Å². The number of ketones is 1. The second-order valence-corrected chi connectivity index (χ2v) is 6.41. The predicted octanol–water partition coefficient (Wildman–Crippen LogP) is 3.14. The first kappa shape index (κ1) is 16.6. The van der Waals surface area contributed by atoms with E-state index in [0.29, 0.717) is 13.0 Å². The SMILES string of the molecule is CC(C)C(=O)CCCCCN1C(=O)C(Br)=C(Br)C1=O. The standard InChI is InChI=1S/C13H17Br2NO3/c1-8(2)9(17)6-4-3-5-7-16-12(18)10(14)11(15)13(16)19/h8H,3-7H2,1-2H3. The highest BCUT2D eigenvalue weighted by Gasteiger charge is 2.35. The molecule has 0 aromatic rings. The Labute approximate surface area is 129 Å². The summed E-state index contributed by atoms with van der Waals surface area (Å²) in [6.45, 7) is 4.19. The maximum atomic E-state index is 11.7. The van der Waals surface area contributed by atoms with Gasteiger partial charge in [0.25, 0.3) is 11.8 Å². The van der Waals surface area contributed by atoms with Gasteiger partial charge < -0.3 is 0 Å². The molecule has 0 aromatic carbocycles. The van der Waals surface area contributed by atoms with Crippen LogP contribution in [0.1, 0.15) is 39.5 Å². The van der Waals surface area contributed by atoms with Crippen LogP contribution in [0, 0.1) is 5.92 Å². The van der Waals surface area contributed by atoms with Gasteiger partial charge in [0.1, 0.15) is 14.7 Å². The Bertz CT molecular complexity index is 406. The highest BCUT2D eigenvalue weighted by atomic mass is 79.9. The fourth-order valence-electron chi connectivity index (χ4n) is 1.75. The zero-order chi connectivity index (χ0) is 14.6. The van der Waals surface area contributed by atoms with E-state index in [1.54, 1.807) is 0 Å². The van der Waals surface area contributed by atoms with Crippen molar-refractivity contribution < 1.29 is 14.4 Å². The summed E-state index contributed by atoms with van der Waals surface area (Å²) in [6, 6.07) is 0. The Kier molecular flexibility index (Phi) is 6.39. The average molecular weight is 395 g/mol. The Morgan fingerprint density at radius 2 is 1.58 bits per heavy atom. The zero-order valence-electron chi connectivity index (χ0n) is 11.0. The van der Waals surface area contributed by atoms with Gasteiger partial charge in [0.15, 0.2) is 0 Å². The Hall–Kier alpha value is -0.490. The van der Waals surface area contributed by atoms with Crippen molar-refractivity contribution in [1.29, 1.82) is 0 Å². The number of carbonyl (C=O) groups excluding carboxylic acids is 3. The van der Waals surface area contributed by atoms with Gasteiger partial charge in [-0.3, -0.25) is 19.3 Å². The number of carbonyl (C=O) groups is 3. The van der Waals surface area contributed by atoms with Crippen LogP contribution in [0.15, 0.2) is 8.96 Å². The van der Waals surface area contributed by atoms with Gasteiger partial charge in [-0.25, -0.2) is 0 Å². The van der Waals surface area contributed by atoms with Gasteiger partial charge in [-0.2, -0.15) is 0 Å². The minimum absolute atomic E-state index is 0.0813. The Balaban J connectivity index is 2.27. The van der Waals surface area contributed by atoms with Crippen molar-refractivity contribution in [2.24, 2.45) is 5.92 Å². The highest BCUT2D eigenvalue weighted by molar-refractivity contribution is 9.14. The molecular weight excluding hydrogens is 378 g/mol. The molecular formula is C13H17Br2NO3. The van der Waals surface area contributed by atoms with E-state index in [2.05, 4.69) is 31.9 Å². The first-order chi connectivity index (χ1) is 8.86. The molecule has 0 unspecified atom stereocenters. The van der Waals surface area contributed by atoms with E-state index < -0.39 is 0 Å². The van der Waals surface area contributed by atoms with Crippen molar-refractivity contribution >= 4 is 49.5 Å². The second-order valence-electron chi connectivity index (χ2n) is 4.82. The van der Waals surface area contributed by atoms with Crippen LogP contribution in [0.3, 0.4) is 0 Å². The molecule has 0 spiro atoms. The van der Waals surface area contributed by atoms with Gasteiger partial charge in [0, 0.05) is 18.9 Å². The largest absolute Gasteiger partial charge is 0.299 e. The lowest BCUT2D eigenvalue weighted by molar-refractivity contribution is -0.137. The van der Waals surface area contributed by atoms with Gasteiger partial charge in [0.05, 0.1) is 0 Å². The van der Waals surface area contributed by atoms with Gasteiger partial charge >= 0.3 is 0 Å². The molecule has 0 saturated carbocycles. The van der Waals surface area contributed by atoms with Crippen molar-refractivity contribution in [1.82, 2.24) is 4.90 Å². The van der Waals surface area contributed by atoms with Crippen molar-refractivity contribution in [3.05, 3.63) is 8.96 Å². The van der Waals surface area contributed by atoms with Gasteiger partial charge in [-0.05, 0) is 44.7 Å². The first-order valence-corrected chi connectivity index (χ1v) is 7.89. The van der Waals surface area contributed by atoms with Crippen molar-refractivity contribution in [3.8, 4) is 0 Å². The van der Waals surface area contributed by atoms with E-state index >= 15 is 0 Å². The van der Waals surface area contributed by atoms with E-state index in [1.807, 2.05) is 13.8 Å². The third-order valence-corrected chi connectivity index (χ3v) is 5.01. The molecule has 2 amide bonds. The van der Waals surface area contributed by atoms with Gasteiger partial charge in [-0.15, -0.1) is 0 Å². The van der Waals surface area contributed by atoms with Crippen molar-refractivity contribution in [3.63, 3.8) is 0 Å². The predicted molar refractivity (Wildman–Crippen MR) is 79.9 cm³/mol. The lowest BCUT2D eigenvalue weighted by atomic mass is 10.0. The molecule has 6 heteroatoms. The topological polar surface area (TPSA) is 54.5 Å². The Morgan fingerprint density at radius 1 is 1.05 bits per heavy atom. The molecule has 1 rings (SSSR count). The summed E-state index contributed by atoms with van der Waals surface area (Å²) in [4.78, 5) is 36.0. The number of halogens is 2. The maximum absolute atomic E-state index is 11.7. The summed E-state index contributed by atoms with van der Waals surface area (Å²) in [6.07, 6.45) is 2.95. The molecule has 0 aromatic heterocycles. The van der Waals surface area contributed by atoms with Gasteiger partial charge in [0.2, 0.25) is 0 Å². The van der Waals surface area contributed by atoms with Crippen molar-refractivity contribution in [2.75, 3.05) is 6.54 Å². The molecule has 0 radical (unpaired) electrons. The number of nitrogens with zero attached hydrogens (tertiary/aromatic N) is 1. The third kappa shape index (κ3) is 4.24. The monoisotopic (exact) mass is 393 g/mol. The lowest BCUT2D eigenvalue weighted by Crippen LogP contribution is -2.32. The molecule has 1 heterocycles. The molecule has 19 heavy (non-hydrogen) atoms. The van der Waals surface area contributed by atoms with E-state index in [-0.39, 0.29) is 32.5 Å². The summed E-state index contributed by atoms with van der Waals surface area (Å²) in [5, 5.41) is 0. The quantitative estimate of drug-likeness (QED) is 0.492. The number of unbranched alkanes of at least 4 members (excludes halogenated alkanes) is 2. The van der Waals surface area contributed by atoms with E-state index in [4.69, 9.17) is 0 Å². The minimum Gasteiger partial charge on any atom is -0.299 e. The molecule has 1 aliphatic rings. The molecule has 0 saturated heterocycles. The third-order valence-electron chi connectivity index (χ3n) is 3.01. The number of imide groups is 1. The van der Waals surface area contributed by atoms with Crippen LogP contribution < -0.4 is 0 Å². The molecule has 1 aliphatic heterocycles. The van der Waals surface area contributed by atoms with Crippen LogP contribution in [-0.4, -0.2) is 29.0 Å². The van der Waals surface area contributed by atoms with Crippen LogP contribution in [0.25, 0.3) is 0 Å². The summed E-state index contributed by atoms with van der Waals surface area (Å²) in [5.41, 5.74) is 0. The molecule has 106 valence electrons. The first-order valence-electron chi connectivity index (χ1n) is 6.30. The molecule has 0 aliphatic carbocycles. The van der Waals surface area contributed by atoms with E-state index in [0.717, 1.165) is 19.3 Å². The summed E-state index contributed by atoms with van der Waals surface area (Å²) >= 11 is 6.17. The number of hydrogen-bond acceptors (Lipinski definition) is 3. The fourth-order valence-corrected chi connectivity index (χ4v) is 2.52. The molecule has 0 bridgehead atoms. The maximum Gasteiger partial charge on any atom is 0.269 e. The van der Waals surface area contributed by atoms with E-state index in [9.17, 15) is 14.4 Å². The smallest absolute Gasteiger partial charge is 0.269 e. The highest BCUT2D eigenvalue weighted by Crippen LogP contribution is 2.29. The van der Waals surface area contributed by atoms with Crippen LogP contribution in [0.2, 0.25) is 0 Å². The summed E-state index contributed by atoms with van der Waals surface area (Å²) in [7, 11) is 0. The normalized spacial score (nSPS) is 15.9. The molecule has 4 nitrogen and oxygen atoms in total. The molecule has 0 N–H and O–H groups in total. The number of hydrogen-bond donors (Lipinski definition) is 0. The molecule has 0 atom stereocenters. The number of amides is 2. The Morgan fingerprint density at radius 3 is 2.05 bits per heavy atom. The average Bonchev–Trinajstić information content (AvgIpc) is 2.55.